The van der Waals surface area contributed by atoms with E-state index in [9.17, 15) is 9.18 Å². The third-order valence-electron chi connectivity index (χ3n) is 4.17. The Labute approximate surface area is 169 Å². The number of hydrogen-bond acceptors (Lipinski definition) is 4. The van der Waals surface area contributed by atoms with Gasteiger partial charge < -0.3 is 14.2 Å². The molecule has 0 aliphatic heterocycles. The van der Waals surface area contributed by atoms with Gasteiger partial charge in [0.05, 0.1) is 0 Å². The van der Waals surface area contributed by atoms with Crippen LogP contribution in [-0.4, -0.2) is 12.1 Å². The topological polar surface area (TPSA) is 44.8 Å². The zero-order valence-electron chi connectivity index (χ0n) is 16.4. The molecular formula is C24H23FO4. The van der Waals surface area contributed by atoms with Gasteiger partial charge in [-0.3, -0.25) is 0 Å². The molecule has 4 nitrogen and oxygen atoms in total. The zero-order chi connectivity index (χ0) is 20.6. The number of halogens is 1. The molecule has 5 heteroatoms. The molecule has 0 spiro atoms. The summed E-state index contributed by atoms with van der Waals surface area (Å²) in [6.45, 7) is 3.83. The first kappa shape index (κ1) is 20.4. The van der Waals surface area contributed by atoms with Crippen LogP contribution in [0.25, 0.3) is 0 Å². The van der Waals surface area contributed by atoms with Gasteiger partial charge in [0.15, 0.2) is 6.10 Å². The number of para-hydroxylation sites is 1. The summed E-state index contributed by atoms with van der Waals surface area (Å²) in [6.07, 6.45) is -0.788. The lowest BCUT2D eigenvalue weighted by Crippen LogP contribution is -2.34. The van der Waals surface area contributed by atoms with Crippen LogP contribution in [0.15, 0.2) is 78.9 Å². The Balaban J connectivity index is 1.60. The average molecular weight is 394 g/mol. The van der Waals surface area contributed by atoms with Crippen LogP contribution in [-0.2, 0) is 16.1 Å². The fraction of sp³-hybridized carbons (Fsp3) is 0.208. The largest absolute Gasteiger partial charge is 0.478 e. The maximum absolute atomic E-state index is 13.1. The highest BCUT2D eigenvalue weighted by atomic mass is 19.1. The Morgan fingerprint density at radius 1 is 0.862 bits per heavy atom. The Morgan fingerprint density at radius 3 is 2.24 bits per heavy atom. The molecule has 3 aromatic carbocycles. The molecule has 0 saturated carbocycles. The molecule has 0 fully saturated rings. The first-order valence-corrected chi connectivity index (χ1v) is 9.42. The van der Waals surface area contributed by atoms with Gasteiger partial charge in [-0.25, -0.2) is 9.18 Å². The van der Waals surface area contributed by atoms with Crippen molar-refractivity contribution in [3.8, 4) is 17.2 Å². The summed E-state index contributed by atoms with van der Waals surface area (Å²) in [4.78, 5) is 12.6. The zero-order valence-corrected chi connectivity index (χ0v) is 16.4. The van der Waals surface area contributed by atoms with E-state index < -0.39 is 12.1 Å². The summed E-state index contributed by atoms with van der Waals surface area (Å²) in [5.41, 5.74) is 0.802. The molecule has 0 amide bonds. The lowest BCUT2D eigenvalue weighted by molar-refractivity contribution is -0.155. The van der Waals surface area contributed by atoms with E-state index in [1.54, 1.807) is 0 Å². The van der Waals surface area contributed by atoms with Crippen LogP contribution in [0.2, 0.25) is 0 Å². The first-order chi connectivity index (χ1) is 14.0. The fourth-order valence-corrected chi connectivity index (χ4v) is 2.68. The molecule has 1 atom stereocenters. The highest BCUT2D eigenvalue weighted by Crippen LogP contribution is 2.23. The van der Waals surface area contributed by atoms with Crippen molar-refractivity contribution in [3.63, 3.8) is 0 Å². The van der Waals surface area contributed by atoms with Gasteiger partial charge in [-0.15, -0.1) is 0 Å². The van der Waals surface area contributed by atoms with Crippen molar-refractivity contribution in [2.45, 2.75) is 26.6 Å². The standard InChI is InChI=1S/C24H23FO4/c1-17(2)23(29-21-13-11-19(25)12-14-21)24(26)27-16-18-7-6-10-22(15-18)28-20-8-4-3-5-9-20/h3-15,17,23H,16H2,1-2H3. The number of carbonyl (C=O) groups is 1. The molecule has 29 heavy (non-hydrogen) atoms. The molecule has 3 aromatic rings. The smallest absolute Gasteiger partial charge is 0.347 e. The highest BCUT2D eigenvalue weighted by molar-refractivity contribution is 5.75. The second kappa shape index (κ2) is 9.73. The van der Waals surface area contributed by atoms with Gasteiger partial charge in [0.1, 0.15) is 29.7 Å². The lowest BCUT2D eigenvalue weighted by atomic mass is 10.1. The molecule has 0 heterocycles. The summed E-state index contributed by atoms with van der Waals surface area (Å²) in [6, 6.07) is 22.4. The second-order valence-electron chi connectivity index (χ2n) is 6.91. The number of ether oxygens (including phenoxy) is 3. The average Bonchev–Trinajstić information content (AvgIpc) is 2.72. The summed E-state index contributed by atoms with van der Waals surface area (Å²) in [7, 11) is 0. The van der Waals surface area contributed by atoms with Gasteiger partial charge >= 0.3 is 5.97 Å². The molecule has 0 radical (unpaired) electrons. The van der Waals surface area contributed by atoms with Crippen molar-refractivity contribution >= 4 is 5.97 Å². The van der Waals surface area contributed by atoms with Crippen LogP contribution in [0.3, 0.4) is 0 Å². The Kier molecular flexibility index (Phi) is 6.85. The van der Waals surface area contributed by atoms with Gasteiger partial charge in [0, 0.05) is 5.92 Å². The van der Waals surface area contributed by atoms with Crippen molar-refractivity contribution in [1.82, 2.24) is 0 Å². The normalized spacial score (nSPS) is 11.7. The third-order valence-corrected chi connectivity index (χ3v) is 4.17. The summed E-state index contributed by atoms with van der Waals surface area (Å²) in [5.74, 6) is 0.861. The van der Waals surface area contributed by atoms with E-state index >= 15 is 0 Å². The Hall–Kier alpha value is -3.34. The SMILES string of the molecule is CC(C)C(Oc1ccc(F)cc1)C(=O)OCc1cccc(Oc2ccccc2)c1. The van der Waals surface area contributed by atoms with E-state index in [0.29, 0.717) is 11.5 Å². The van der Waals surface area contributed by atoms with Crippen LogP contribution in [0.5, 0.6) is 17.2 Å². The minimum Gasteiger partial charge on any atom is -0.478 e. The van der Waals surface area contributed by atoms with Crippen LogP contribution < -0.4 is 9.47 Å². The molecule has 0 N–H and O–H groups in total. The monoisotopic (exact) mass is 394 g/mol. The first-order valence-electron chi connectivity index (χ1n) is 9.42. The summed E-state index contributed by atoms with van der Waals surface area (Å²) < 4.78 is 30.0. The quantitative estimate of drug-likeness (QED) is 0.455. The van der Waals surface area contributed by atoms with Crippen molar-refractivity contribution in [2.24, 2.45) is 5.92 Å². The number of hydrogen-bond donors (Lipinski definition) is 0. The van der Waals surface area contributed by atoms with Crippen molar-refractivity contribution in [3.05, 3.63) is 90.2 Å². The number of benzene rings is 3. The second-order valence-corrected chi connectivity index (χ2v) is 6.91. The van der Waals surface area contributed by atoms with Gasteiger partial charge in [0.25, 0.3) is 0 Å². The van der Waals surface area contributed by atoms with Gasteiger partial charge in [-0.1, -0.05) is 44.2 Å². The van der Waals surface area contributed by atoms with Crippen LogP contribution in [0.4, 0.5) is 4.39 Å². The van der Waals surface area contributed by atoms with Crippen molar-refractivity contribution in [1.29, 1.82) is 0 Å². The van der Waals surface area contributed by atoms with Crippen LogP contribution >= 0.6 is 0 Å². The molecular weight excluding hydrogens is 371 g/mol. The number of rotatable bonds is 8. The molecule has 3 rings (SSSR count). The van der Waals surface area contributed by atoms with E-state index in [-0.39, 0.29) is 18.3 Å². The molecule has 0 aliphatic carbocycles. The number of esters is 1. The molecule has 1 unspecified atom stereocenters. The van der Waals surface area contributed by atoms with Crippen molar-refractivity contribution < 1.29 is 23.4 Å². The third kappa shape index (κ3) is 6.07. The molecule has 0 aromatic heterocycles. The predicted octanol–water partition coefficient (Wildman–Crippen LogP) is 5.76. The Bertz CT molecular complexity index is 923. The van der Waals surface area contributed by atoms with Crippen molar-refractivity contribution in [2.75, 3.05) is 0 Å². The molecule has 0 saturated heterocycles. The van der Waals surface area contributed by atoms with E-state index in [4.69, 9.17) is 14.2 Å². The Morgan fingerprint density at radius 2 is 1.55 bits per heavy atom. The summed E-state index contributed by atoms with van der Waals surface area (Å²) >= 11 is 0. The predicted molar refractivity (Wildman–Crippen MR) is 108 cm³/mol. The molecule has 0 bridgehead atoms. The van der Waals surface area contributed by atoms with Crippen LogP contribution in [0, 0.1) is 11.7 Å². The van der Waals surface area contributed by atoms with E-state index in [0.717, 1.165) is 11.3 Å². The molecule has 0 aliphatic rings. The summed E-state index contributed by atoms with van der Waals surface area (Å²) in [5, 5.41) is 0. The minimum absolute atomic E-state index is 0.0980. The van der Waals surface area contributed by atoms with Gasteiger partial charge in [-0.05, 0) is 54.1 Å². The fourth-order valence-electron chi connectivity index (χ4n) is 2.68. The molecule has 150 valence electrons. The lowest BCUT2D eigenvalue weighted by Gasteiger charge is -2.21. The van der Waals surface area contributed by atoms with Gasteiger partial charge in [-0.2, -0.15) is 0 Å². The van der Waals surface area contributed by atoms with E-state index in [1.807, 2.05) is 68.4 Å². The highest BCUT2D eigenvalue weighted by Gasteiger charge is 2.26. The minimum atomic E-state index is -0.788. The van der Waals surface area contributed by atoms with Gasteiger partial charge in [0.2, 0.25) is 0 Å². The van der Waals surface area contributed by atoms with E-state index in [2.05, 4.69) is 0 Å². The maximum Gasteiger partial charge on any atom is 0.347 e. The maximum atomic E-state index is 13.1. The van der Waals surface area contributed by atoms with Crippen LogP contribution in [0.1, 0.15) is 19.4 Å². The van der Waals surface area contributed by atoms with E-state index in [1.165, 1.54) is 24.3 Å². The number of carbonyl (C=O) groups excluding carboxylic acids is 1.